The summed E-state index contributed by atoms with van der Waals surface area (Å²) in [4.78, 5) is 28.4. The minimum Gasteiger partial charge on any atom is -0.345 e. The third-order valence-electron chi connectivity index (χ3n) is 4.14. The van der Waals surface area contributed by atoms with Gasteiger partial charge in [0.2, 0.25) is 5.43 Å². The van der Waals surface area contributed by atoms with Crippen molar-refractivity contribution >= 4 is 11.2 Å². The summed E-state index contributed by atoms with van der Waals surface area (Å²) in [5, 5.41) is 0. The van der Waals surface area contributed by atoms with Gasteiger partial charge in [-0.15, -0.1) is 0 Å². The van der Waals surface area contributed by atoms with Crippen molar-refractivity contribution in [3.05, 3.63) is 76.1 Å². The van der Waals surface area contributed by atoms with Crippen LogP contribution in [0.4, 0.5) is 4.39 Å². The maximum atomic E-state index is 14.8. The lowest BCUT2D eigenvalue weighted by molar-refractivity contribution is 0.611. The molecule has 0 aliphatic heterocycles. The Morgan fingerprint density at radius 3 is 2.50 bits per heavy atom. The summed E-state index contributed by atoms with van der Waals surface area (Å²) in [6, 6.07) is 12.4. The lowest BCUT2D eigenvalue weighted by Gasteiger charge is -2.12. The smallest absolute Gasteiger partial charge is 0.209 e. The van der Waals surface area contributed by atoms with Gasteiger partial charge in [0.05, 0.1) is 11.4 Å². The Bertz CT molecular complexity index is 1190. The van der Waals surface area contributed by atoms with Gasteiger partial charge < -0.3 is 4.98 Å². The van der Waals surface area contributed by atoms with E-state index in [1.165, 1.54) is 12.3 Å². The van der Waals surface area contributed by atoms with E-state index < -0.39 is 5.82 Å². The van der Waals surface area contributed by atoms with Crippen LogP contribution in [0, 0.1) is 19.7 Å². The largest absolute Gasteiger partial charge is 0.345 e. The lowest BCUT2D eigenvalue weighted by atomic mass is 10.0. The van der Waals surface area contributed by atoms with Crippen molar-refractivity contribution in [2.75, 3.05) is 0 Å². The molecule has 0 bridgehead atoms. The van der Waals surface area contributed by atoms with E-state index in [-0.39, 0.29) is 22.2 Å². The van der Waals surface area contributed by atoms with Gasteiger partial charge in [0, 0.05) is 29.1 Å². The Labute approximate surface area is 148 Å². The van der Waals surface area contributed by atoms with Crippen molar-refractivity contribution < 1.29 is 4.39 Å². The van der Waals surface area contributed by atoms with Gasteiger partial charge in [-0.05, 0) is 19.9 Å². The van der Waals surface area contributed by atoms with Crippen molar-refractivity contribution in [1.29, 1.82) is 0 Å². The second kappa shape index (κ2) is 6.15. The summed E-state index contributed by atoms with van der Waals surface area (Å²) in [6.07, 6.45) is 1.52. The highest BCUT2D eigenvalue weighted by Gasteiger charge is 2.19. The predicted octanol–water partition coefficient (Wildman–Crippen LogP) is 3.80. The lowest BCUT2D eigenvalue weighted by Crippen LogP contribution is -2.08. The second-order valence-electron chi connectivity index (χ2n) is 6.04. The van der Waals surface area contributed by atoms with Crippen LogP contribution in [0.1, 0.15) is 11.4 Å². The predicted molar refractivity (Wildman–Crippen MR) is 98.3 cm³/mol. The fourth-order valence-corrected chi connectivity index (χ4v) is 2.95. The molecule has 3 aromatic heterocycles. The molecule has 0 spiro atoms. The number of benzene rings is 1. The number of hydrogen-bond donors (Lipinski definition) is 1. The molecular weight excluding hydrogens is 331 g/mol. The molecule has 128 valence electrons. The summed E-state index contributed by atoms with van der Waals surface area (Å²) in [5.74, 6) is -0.464. The second-order valence-corrected chi connectivity index (χ2v) is 6.04. The van der Waals surface area contributed by atoms with Crippen molar-refractivity contribution in [3.8, 4) is 22.5 Å². The van der Waals surface area contributed by atoms with Gasteiger partial charge in [0.1, 0.15) is 5.69 Å². The summed E-state index contributed by atoms with van der Waals surface area (Å²) in [7, 11) is 0. The molecule has 26 heavy (non-hydrogen) atoms. The molecule has 1 aromatic carbocycles. The molecule has 4 rings (SSSR count). The normalized spacial score (nSPS) is 11.0. The summed E-state index contributed by atoms with van der Waals surface area (Å²) < 4.78 is 14.8. The van der Waals surface area contributed by atoms with Crippen LogP contribution >= 0.6 is 0 Å². The summed E-state index contributed by atoms with van der Waals surface area (Å²) in [5.41, 5.74) is 3.12. The molecule has 4 aromatic rings. The molecule has 0 radical (unpaired) electrons. The van der Waals surface area contributed by atoms with Gasteiger partial charge in [-0.3, -0.25) is 9.78 Å². The molecule has 6 heteroatoms. The maximum Gasteiger partial charge on any atom is 0.209 e. The number of H-pyrrole nitrogens is 1. The van der Waals surface area contributed by atoms with Crippen molar-refractivity contribution in [2.45, 2.75) is 13.8 Å². The number of rotatable bonds is 2. The fourth-order valence-electron chi connectivity index (χ4n) is 2.95. The molecule has 0 atom stereocenters. The van der Waals surface area contributed by atoms with Gasteiger partial charge in [-0.2, -0.15) is 0 Å². The third kappa shape index (κ3) is 2.65. The third-order valence-corrected chi connectivity index (χ3v) is 4.14. The van der Waals surface area contributed by atoms with Crippen LogP contribution in [0.2, 0.25) is 0 Å². The highest BCUT2D eigenvalue weighted by molar-refractivity contribution is 5.84. The SMILES string of the molecule is Cc1cc(-c2nc3c(=O)cc[nH]c3nc2-c2ccccc2)c(F)c(C)n1. The average Bonchev–Trinajstić information content (AvgIpc) is 2.65. The minimum atomic E-state index is -0.464. The minimum absolute atomic E-state index is 0.175. The zero-order valence-electron chi connectivity index (χ0n) is 14.2. The van der Waals surface area contributed by atoms with Crippen LogP contribution in [0.25, 0.3) is 33.7 Å². The molecule has 0 unspecified atom stereocenters. The van der Waals surface area contributed by atoms with Crippen LogP contribution in [0.3, 0.4) is 0 Å². The zero-order valence-corrected chi connectivity index (χ0v) is 14.2. The van der Waals surface area contributed by atoms with E-state index in [0.717, 1.165) is 5.56 Å². The van der Waals surface area contributed by atoms with Crippen LogP contribution in [-0.4, -0.2) is 19.9 Å². The number of halogens is 1. The van der Waals surface area contributed by atoms with Crippen molar-refractivity contribution in [1.82, 2.24) is 19.9 Å². The number of nitrogens with one attached hydrogen (secondary N) is 1. The first-order valence-corrected chi connectivity index (χ1v) is 8.13. The van der Waals surface area contributed by atoms with E-state index in [9.17, 15) is 9.18 Å². The highest BCUT2D eigenvalue weighted by atomic mass is 19.1. The number of nitrogens with zero attached hydrogens (tertiary/aromatic N) is 3. The zero-order chi connectivity index (χ0) is 18.3. The molecule has 0 fully saturated rings. The van der Waals surface area contributed by atoms with E-state index in [2.05, 4.69) is 19.9 Å². The molecule has 1 N–H and O–H groups in total. The van der Waals surface area contributed by atoms with Crippen LogP contribution < -0.4 is 5.43 Å². The molecule has 0 saturated carbocycles. The monoisotopic (exact) mass is 346 g/mol. The number of pyridine rings is 2. The molecule has 0 amide bonds. The summed E-state index contributed by atoms with van der Waals surface area (Å²) in [6.45, 7) is 3.40. The van der Waals surface area contributed by atoms with Gasteiger partial charge >= 0.3 is 0 Å². The number of fused-ring (bicyclic) bond motifs is 1. The average molecular weight is 346 g/mol. The quantitative estimate of drug-likeness (QED) is 0.599. The maximum absolute atomic E-state index is 14.8. The van der Waals surface area contributed by atoms with Gasteiger partial charge in [0.25, 0.3) is 0 Å². The molecule has 3 heterocycles. The van der Waals surface area contributed by atoms with Crippen LogP contribution in [0.15, 0.2) is 53.5 Å². The first-order valence-electron chi connectivity index (χ1n) is 8.13. The van der Waals surface area contributed by atoms with E-state index >= 15 is 0 Å². The first-order chi connectivity index (χ1) is 12.5. The number of aryl methyl sites for hydroxylation is 2. The Kier molecular flexibility index (Phi) is 3.80. The van der Waals surface area contributed by atoms with Crippen LogP contribution in [-0.2, 0) is 0 Å². The highest BCUT2D eigenvalue weighted by Crippen LogP contribution is 2.32. The van der Waals surface area contributed by atoms with Gasteiger partial charge in [-0.25, -0.2) is 14.4 Å². The first kappa shape index (κ1) is 16.1. The molecule has 0 aliphatic carbocycles. The standard InChI is InChI=1S/C20H15FN4O/c1-11-10-14(16(21)12(2)23-11)18-17(13-6-4-3-5-7-13)25-20-19(24-18)15(26)8-9-22-20/h3-10H,1-2H3,(H,22,25,26). The Balaban J connectivity index is 2.13. The van der Waals surface area contributed by atoms with Crippen LogP contribution in [0.5, 0.6) is 0 Å². The van der Waals surface area contributed by atoms with E-state index in [4.69, 9.17) is 0 Å². The molecule has 0 aliphatic rings. The molecular formula is C20H15FN4O. The van der Waals surface area contributed by atoms with E-state index in [1.54, 1.807) is 19.9 Å². The van der Waals surface area contributed by atoms with Gasteiger partial charge in [0.15, 0.2) is 17.0 Å². The van der Waals surface area contributed by atoms with Crippen molar-refractivity contribution in [3.63, 3.8) is 0 Å². The number of aromatic amines is 1. The fraction of sp³-hybridized carbons (Fsp3) is 0.100. The Morgan fingerprint density at radius 1 is 0.962 bits per heavy atom. The van der Waals surface area contributed by atoms with E-state index in [1.807, 2.05) is 30.3 Å². The topological polar surface area (TPSA) is 71.5 Å². The summed E-state index contributed by atoms with van der Waals surface area (Å²) >= 11 is 0. The Morgan fingerprint density at radius 2 is 1.73 bits per heavy atom. The van der Waals surface area contributed by atoms with Gasteiger partial charge in [-0.1, -0.05) is 30.3 Å². The number of hydrogen-bond acceptors (Lipinski definition) is 4. The Hall–Kier alpha value is -3.41. The number of aromatic nitrogens is 4. The van der Waals surface area contributed by atoms with Crippen molar-refractivity contribution in [2.24, 2.45) is 0 Å². The molecule has 5 nitrogen and oxygen atoms in total. The van der Waals surface area contributed by atoms with E-state index in [0.29, 0.717) is 22.7 Å². The molecule has 0 saturated heterocycles.